The molecule has 0 heterocycles. The summed E-state index contributed by atoms with van der Waals surface area (Å²) in [6, 6.07) is 5.93. The number of hydrogen-bond donors (Lipinski definition) is 0. The summed E-state index contributed by atoms with van der Waals surface area (Å²) < 4.78 is 5.18. The molecule has 1 aromatic rings. The first kappa shape index (κ1) is 11.8. The minimum absolute atomic E-state index is 0.261. The first-order valence-corrected chi connectivity index (χ1v) is 5.33. The largest absolute Gasteiger partial charge is 0.426 e. The molecule has 2 nitrogen and oxygen atoms in total. The van der Waals surface area contributed by atoms with Crippen LogP contribution in [0.1, 0.15) is 44.2 Å². The highest BCUT2D eigenvalue weighted by atomic mass is 16.5. The number of ether oxygens (including phenoxy) is 1. The molecule has 1 rings (SSSR count). The Morgan fingerprint density at radius 3 is 2.67 bits per heavy atom. The van der Waals surface area contributed by atoms with Crippen molar-refractivity contribution in [2.24, 2.45) is 0 Å². The van der Waals surface area contributed by atoms with Gasteiger partial charge in [-0.3, -0.25) is 4.79 Å². The van der Waals surface area contributed by atoms with Crippen LogP contribution in [0.25, 0.3) is 0 Å². The summed E-state index contributed by atoms with van der Waals surface area (Å²) in [5, 5.41) is 0. The number of hydrogen-bond acceptors (Lipinski definition) is 2. The van der Waals surface area contributed by atoms with E-state index < -0.39 is 0 Å². The molecule has 0 radical (unpaired) electrons. The Kier molecular flexibility index (Phi) is 3.89. The molecule has 0 spiro atoms. The van der Waals surface area contributed by atoms with Gasteiger partial charge in [0.15, 0.2) is 0 Å². The normalized spacial score (nSPS) is 12.3. The molecular weight excluding hydrogens is 188 g/mol. The van der Waals surface area contributed by atoms with Crippen LogP contribution in [0.3, 0.4) is 0 Å². The van der Waals surface area contributed by atoms with E-state index in [0.717, 1.165) is 12.0 Å². The molecule has 1 atom stereocenters. The number of carbonyl (C=O) groups excluding carboxylic acids is 1. The number of aryl methyl sites for hydroxylation is 1. The van der Waals surface area contributed by atoms with Crippen molar-refractivity contribution in [3.8, 4) is 5.75 Å². The summed E-state index contributed by atoms with van der Waals surface area (Å²) in [4.78, 5) is 10.9. The maximum Gasteiger partial charge on any atom is 0.308 e. The van der Waals surface area contributed by atoms with Crippen molar-refractivity contribution >= 4 is 5.97 Å². The smallest absolute Gasteiger partial charge is 0.308 e. The number of esters is 1. The van der Waals surface area contributed by atoms with Crippen molar-refractivity contribution in [1.82, 2.24) is 0 Å². The van der Waals surface area contributed by atoms with Crippen LogP contribution in [0, 0.1) is 6.92 Å². The van der Waals surface area contributed by atoms with Gasteiger partial charge in [0.2, 0.25) is 0 Å². The van der Waals surface area contributed by atoms with Gasteiger partial charge in [0, 0.05) is 6.92 Å². The molecule has 0 unspecified atom stereocenters. The van der Waals surface area contributed by atoms with Crippen molar-refractivity contribution in [3.63, 3.8) is 0 Å². The Balaban J connectivity index is 3.08. The molecule has 0 saturated carbocycles. The van der Waals surface area contributed by atoms with E-state index in [1.54, 1.807) is 0 Å². The predicted octanol–water partition coefficient (Wildman–Crippen LogP) is 3.43. The summed E-state index contributed by atoms with van der Waals surface area (Å²) in [6.45, 7) is 7.75. The summed E-state index contributed by atoms with van der Waals surface area (Å²) in [5.41, 5.74) is 2.31. The van der Waals surface area contributed by atoms with Crippen LogP contribution in [0.5, 0.6) is 5.75 Å². The predicted molar refractivity (Wildman–Crippen MR) is 61.2 cm³/mol. The van der Waals surface area contributed by atoms with Gasteiger partial charge in [0.1, 0.15) is 5.75 Å². The molecule has 15 heavy (non-hydrogen) atoms. The molecule has 0 N–H and O–H groups in total. The highest BCUT2D eigenvalue weighted by Crippen LogP contribution is 2.29. The number of carbonyl (C=O) groups is 1. The topological polar surface area (TPSA) is 26.3 Å². The second-order valence-corrected chi connectivity index (χ2v) is 3.94. The van der Waals surface area contributed by atoms with E-state index in [9.17, 15) is 4.79 Å². The molecule has 0 saturated heterocycles. The Labute approximate surface area is 91.3 Å². The van der Waals surface area contributed by atoms with Crippen molar-refractivity contribution < 1.29 is 9.53 Å². The van der Waals surface area contributed by atoms with Crippen molar-refractivity contribution in [2.45, 2.75) is 40.0 Å². The van der Waals surface area contributed by atoms with E-state index in [1.807, 2.05) is 19.1 Å². The quantitative estimate of drug-likeness (QED) is 0.559. The zero-order valence-electron chi connectivity index (χ0n) is 9.83. The second-order valence-electron chi connectivity index (χ2n) is 3.94. The zero-order chi connectivity index (χ0) is 11.4. The van der Waals surface area contributed by atoms with Crippen LogP contribution >= 0.6 is 0 Å². The molecule has 0 aliphatic carbocycles. The number of rotatable bonds is 3. The molecule has 1 aromatic carbocycles. The Morgan fingerprint density at radius 1 is 1.47 bits per heavy atom. The van der Waals surface area contributed by atoms with Crippen LogP contribution in [-0.4, -0.2) is 5.97 Å². The van der Waals surface area contributed by atoms with Gasteiger partial charge in [-0.05, 0) is 30.9 Å². The fraction of sp³-hybridized carbons (Fsp3) is 0.462. The lowest BCUT2D eigenvalue weighted by Gasteiger charge is -2.14. The highest BCUT2D eigenvalue weighted by molar-refractivity contribution is 5.70. The van der Waals surface area contributed by atoms with E-state index in [1.165, 1.54) is 12.5 Å². The van der Waals surface area contributed by atoms with E-state index >= 15 is 0 Å². The van der Waals surface area contributed by atoms with Gasteiger partial charge in [0.05, 0.1) is 0 Å². The summed E-state index contributed by atoms with van der Waals surface area (Å²) >= 11 is 0. The van der Waals surface area contributed by atoms with Gasteiger partial charge in [-0.1, -0.05) is 31.5 Å². The molecule has 0 aliphatic rings. The van der Waals surface area contributed by atoms with Gasteiger partial charge in [0.25, 0.3) is 0 Å². The van der Waals surface area contributed by atoms with Gasteiger partial charge in [-0.2, -0.15) is 0 Å². The minimum Gasteiger partial charge on any atom is -0.426 e. The third-order valence-electron chi connectivity index (χ3n) is 2.56. The minimum atomic E-state index is -0.261. The first-order chi connectivity index (χ1) is 7.04. The van der Waals surface area contributed by atoms with Gasteiger partial charge >= 0.3 is 5.97 Å². The van der Waals surface area contributed by atoms with Crippen LogP contribution in [0.4, 0.5) is 0 Å². The van der Waals surface area contributed by atoms with E-state index in [-0.39, 0.29) is 5.97 Å². The Bertz CT molecular complexity index is 356. The zero-order valence-corrected chi connectivity index (χ0v) is 9.83. The fourth-order valence-corrected chi connectivity index (χ4v) is 1.52. The standard InChI is InChI=1S/C13H18O2/c1-5-10(3)12-8-9(2)6-7-13(12)15-11(4)14/h6-8,10H,5H2,1-4H3/t10-/m1/s1. The Hall–Kier alpha value is -1.31. The van der Waals surface area contributed by atoms with Crippen molar-refractivity contribution in [3.05, 3.63) is 29.3 Å². The van der Waals surface area contributed by atoms with Gasteiger partial charge in [-0.25, -0.2) is 0 Å². The summed E-state index contributed by atoms with van der Waals surface area (Å²) in [7, 11) is 0. The van der Waals surface area contributed by atoms with E-state index in [2.05, 4.69) is 19.9 Å². The molecule has 0 aliphatic heterocycles. The van der Waals surface area contributed by atoms with Gasteiger partial charge in [-0.15, -0.1) is 0 Å². The van der Waals surface area contributed by atoms with E-state index in [0.29, 0.717) is 11.7 Å². The second kappa shape index (κ2) is 4.96. The first-order valence-electron chi connectivity index (χ1n) is 5.33. The van der Waals surface area contributed by atoms with Crippen LogP contribution in [0.2, 0.25) is 0 Å². The highest BCUT2D eigenvalue weighted by Gasteiger charge is 2.11. The third-order valence-corrected chi connectivity index (χ3v) is 2.56. The van der Waals surface area contributed by atoms with Crippen molar-refractivity contribution in [2.75, 3.05) is 0 Å². The molecule has 0 bridgehead atoms. The van der Waals surface area contributed by atoms with Crippen LogP contribution in [-0.2, 0) is 4.79 Å². The molecule has 82 valence electrons. The lowest BCUT2D eigenvalue weighted by molar-refractivity contribution is -0.131. The van der Waals surface area contributed by atoms with E-state index in [4.69, 9.17) is 4.74 Å². The van der Waals surface area contributed by atoms with Crippen LogP contribution in [0.15, 0.2) is 18.2 Å². The molecule has 0 fully saturated rings. The number of benzene rings is 1. The lowest BCUT2D eigenvalue weighted by Crippen LogP contribution is -2.05. The maximum absolute atomic E-state index is 10.9. The average Bonchev–Trinajstić information content (AvgIpc) is 2.19. The monoisotopic (exact) mass is 206 g/mol. The van der Waals surface area contributed by atoms with Crippen LogP contribution < -0.4 is 4.74 Å². The molecular formula is C13H18O2. The molecule has 0 amide bonds. The lowest BCUT2D eigenvalue weighted by atomic mass is 9.96. The summed E-state index contributed by atoms with van der Waals surface area (Å²) in [6.07, 6.45) is 1.04. The SMILES string of the molecule is CC[C@@H](C)c1cc(C)ccc1OC(C)=O. The third kappa shape index (κ3) is 3.08. The average molecular weight is 206 g/mol. The molecule has 2 heteroatoms. The molecule has 0 aromatic heterocycles. The van der Waals surface area contributed by atoms with Crippen molar-refractivity contribution in [1.29, 1.82) is 0 Å². The summed E-state index contributed by atoms with van der Waals surface area (Å²) in [5.74, 6) is 0.852. The maximum atomic E-state index is 10.9. The Morgan fingerprint density at radius 2 is 2.13 bits per heavy atom. The fourth-order valence-electron chi connectivity index (χ4n) is 1.52. The van der Waals surface area contributed by atoms with Gasteiger partial charge < -0.3 is 4.74 Å².